The molecule has 3 aromatic heterocycles. The summed E-state index contributed by atoms with van der Waals surface area (Å²) in [5, 5.41) is 4.65. The molecule has 0 N–H and O–H groups in total. The van der Waals surface area contributed by atoms with E-state index in [1.54, 1.807) is 28.3 Å². The van der Waals surface area contributed by atoms with E-state index in [0.717, 1.165) is 22.8 Å². The maximum Gasteiger partial charge on any atom is 0.233 e. The second-order valence-corrected chi connectivity index (χ2v) is 8.65. The van der Waals surface area contributed by atoms with Crippen molar-refractivity contribution in [3.8, 4) is 22.8 Å². The number of carbonyl (C=O) groups is 1. The molecule has 5 rings (SSSR count). The van der Waals surface area contributed by atoms with Crippen molar-refractivity contribution in [2.24, 2.45) is 0 Å². The van der Waals surface area contributed by atoms with Crippen molar-refractivity contribution in [3.63, 3.8) is 0 Å². The number of amides is 1. The molecule has 0 spiro atoms. The second kappa shape index (κ2) is 11.1. The molecular formula is C24H23N7O3S. The number of hydrogen-bond donors (Lipinski definition) is 0. The SMILES string of the molecule is O=C(CSc1nccc(-c2ccccn2)n1)N1CCOC(COc2ccc(-n3cncn3)cc2)C1. The predicted octanol–water partition coefficient (Wildman–Crippen LogP) is 2.52. The standard InChI is InChI=1S/C24H23N7O3S/c32-23(15-35-24-27-10-8-22(29-24)21-3-1-2-9-26-21)30-11-12-33-20(13-30)14-34-19-6-4-18(5-7-19)31-17-25-16-28-31/h1-10,16-17,20H,11-15H2. The highest BCUT2D eigenvalue weighted by Gasteiger charge is 2.25. The van der Waals surface area contributed by atoms with E-state index in [1.807, 2.05) is 48.5 Å². The van der Waals surface area contributed by atoms with Gasteiger partial charge in [-0.3, -0.25) is 9.78 Å². The molecular weight excluding hydrogens is 466 g/mol. The molecule has 1 fully saturated rings. The first-order valence-corrected chi connectivity index (χ1v) is 12.1. The molecule has 1 aromatic carbocycles. The van der Waals surface area contributed by atoms with Crippen LogP contribution in [0.2, 0.25) is 0 Å². The number of rotatable bonds is 8. The van der Waals surface area contributed by atoms with Crippen LogP contribution in [0.3, 0.4) is 0 Å². The molecule has 11 heteroatoms. The van der Waals surface area contributed by atoms with Crippen LogP contribution in [0.25, 0.3) is 17.1 Å². The zero-order valence-electron chi connectivity index (χ0n) is 18.8. The highest BCUT2D eigenvalue weighted by atomic mass is 32.2. The van der Waals surface area contributed by atoms with E-state index in [0.29, 0.717) is 31.5 Å². The monoisotopic (exact) mass is 489 g/mol. The average Bonchev–Trinajstić information content (AvgIpc) is 3.47. The molecule has 0 aliphatic carbocycles. The fourth-order valence-corrected chi connectivity index (χ4v) is 4.29. The maximum atomic E-state index is 12.8. The molecule has 1 amide bonds. The fourth-order valence-electron chi connectivity index (χ4n) is 3.56. The number of carbonyl (C=O) groups excluding carboxylic acids is 1. The minimum Gasteiger partial charge on any atom is -0.491 e. The molecule has 178 valence electrons. The van der Waals surface area contributed by atoms with Gasteiger partial charge in [0.1, 0.15) is 31.1 Å². The van der Waals surface area contributed by atoms with Gasteiger partial charge in [0.2, 0.25) is 5.91 Å². The lowest BCUT2D eigenvalue weighted by atomic mass is 10.2. The highest BCUT2D eigenvalue weighted by Crippen LogP contribution is 2.20. The lowest BCUT2D eigenvalue weighted by Crippen LogP contribution is -2.48. The van der Waals surface area contributed by atoms with Crippen molar-refractivity contribution in [2.45, 2.75) is 11.3 Å². The molecule has 1 aliphatic heterocycles. The normalized spacial score (nSPS) is 15.7. The van der Waals surface area contributed by atoms with Crippen molar-refractivity contribution in [1.29, 1.82) is 0 Å². The number of morpholine rings is 1. The molecule has 0 bridgehead atoms. The average molecular weight is 490 g/mol. The Balaban J connectivity index is 1.11. The third-order valence-corrected chi connectivity index (χ3v) is 6.18. The topological polar surface area (TPSA) is 108 Å². The van der Waals surface area contributed by atoms with E-state index in [2.05, 4.69) is 25.0 Å². The summed E-state index contributed by atoms with van der Waals surface area (Å²) in [6, 6.07) is 15.0. The Morgan fingerprint density at radius 1 is 1.09 bits per heavy atom. The number of thioether (sulfide) groups is 1. The first kappa shape index (κ1) is 22.9. The van der Waals surface area contributed by atoms with Gasteiger partial charge in [-0.25, -0.2) is 19.6 Å². The number of aromatic nitrogens is 6. The summed E-state index contributed by atoms with van der Waals surface area (Å²) < 4.78 is 13.4. The number of ether oxygens (including phenoxy) is 2. The predicted molar refractivity (Wildman–Crippen MR) is 129 cm³/mol. The van der Waals surface area contributed by atoms with Crippen molar-refractivity contribution in [1.82, 2.24) is 34.6 Å². The van der Waals surface area contributed by atoms with Gasteiger partial charge in [0.15, 0.2) is 5.16 Å². The Morgan fingerprint density at radius 3 is 2.80 bits per heavy atom. The minimum absolute atomic E-state index is 0.0207. The van der Waals surface area contributed by atoms with Crippen molar-refractivity contribution in [3.05, 3.63) is 73.6 Å². The molecule has 10 nitrogen and oxygen atoms in total. The van der Waals surface area contributed by atoms with E-state index in [1.165, 1.54) is 18.1 Å². The molecule has 4 aromatic rings. The van der Waals surface area contributed by atoms with E-state index in [-0.39, 0.29) is 17.8 Å². The Hall–Kier alpha value is -3.83. The van der Waals surface area contributed by atoms with Crippen LogP contribution in [0.4, 0.5) is 0 Å². The van der Waals surface area contributed by atoms with Gasteiger partial charge in [0.25, 0.3) is 0 Å². The first-order chi connectivity index (χ1) is 17.2. The summed E-state index contributed by atoms with van der Waals surface area (Å²) in [7, 11) is 0. The third-order valence-electron chi connectivity index (χ3n) is 5.33. The lowest BCUT2D eigenvalue weighted by molar-refractivity contribution is -0.137. The van der Waals surface area contributed by atoms with Crippen LogP contribution < -0.4 is 4.74 Å². The van der Waals surface area contributed by atoms with Gasteiger partial charge in [-0.05, 0) is 42.5 Å². The van der Waals surface area contributed by atoms with Gasteiger partial charge in [-0.1, -0.05) is 17.8 Å². The number of nitrogens with zero attached hydrogens (tertiary/aromatic N) is 7. The summed E-state index contributed by atoms with van der Waals surface area (Å²) in [5.41, 5.74) is 2.40. The van der Waals surface area contributed by atoms with Crippen LogP contribution in [0.15, 0.2) is 78.7 Å². The second-order valence-electron chi connectivity index (χ2n) is 7.71. The Labute approximate surface area is 206 Å². The Morgan fingerprint density at radius 2 is 2.00 bits per heavy atom. The van der Waals surface area contributed by atoms with Crippen LogP contribution >= 0.6 is 11.8 Å². The van der Waals surface area contributed by atoms with Crippen LogP contribution in [0.1, 0.15) is 0 Å². The maximum absolute atomic E-state index is 12.8. The zero-order valence-corrected chi connectivity index (χ0v) is 19.6. The highest BCUT2D eigenvalue weighted by molar-refractivity contribution is 7.99. The molecule has 0 saturated carbocycles. The molecule has 1 atom stereocenters. The van der Waals surface area contributed by atoms with Crippen LogP contribution in [-0.2, 0) is 9.53 Å². The smallest absolute Gasteiger partial charge is 0.233 e. The molecule has 4 heterocycles. The number of hydrogen-bond acceptors (Lipinski definition) is 9. The molecule has 1 saturated heterocycles. The fraction of sp³-hybridized carbons (Fsp3) is 0.250. The van der Waals surface area contributed by atoms with Crippen LogP contribution in [0.5, 0.6) is 5.75 Å². The van der Waals surface area contributed by atoms with Gasteiger partial charge < -0.3 is 14.4 Å². The summed E-state index contributed by atoms with van der Waals surface area (Å²) in [5.74, 6) is 0.997. The van der Waals surface area contributed by atoms with Gasteiger partial charge in [-0.2, -0.15) is 5.10 Å². The van der Waals surface area contributed by atoms with Gasteiger partial charge >= 0.3 is 0 Å². The molecule has 0 radical (unpaired) electrons. The Kier molecular flexibility index (Phi) is 7.25. The van der Waals surface area contributed by atoms with Crippen molar-refractivity contribution in [2.75, 3.05) is 32.1 Å². The molecule has 1 aliphatic rings. The summed E-state index contributed by atoms with van der Waals surface area (Å²) >= 11 is 1.32. The molecule has 35 heavy (non-hydrogen) atoms. The van der Waals surface area contributed by atoms with E-state index in [4.69, 9.17) is 9.47 Å². The summed E-state index contributed by atoms with van der Waals surface area (Å²) in [6.07, 6.45) is 6.34. The first-order valence-electron chi connectivity index (χ1n) is 11.1. The third kappa shape index (κ3) is 6.00. The van der Waals surface area contributed by atoms with E-state index in [9.17, 15) is 4.79 Å². The largest absolute Gasteiger partial charge is 0.491 e. The van der Waals surface area contributed by atoms with Crippen LogP contribution in [0, 0.1) is 0 Å². The Bertz CT molecular complexity index is 1240. The summed E-state index contributed by atoms with van der Waals surface area (Å²) in [6.45, 7) is 1.86. The zero-order chi connectivity index (χ0) is 23.9. The lowest BCUT2D eigenvalue weighted by Gasteiger charge is -2.32. The van der Waals surface area contributed by atoms with E-state index >= 15 is 0 Å². The quantitative estimate of drug-likeness (QED) is 0.272. The van der Waals surface area contributed by atoms with Crippen LogP contribution in [-0.4, -0.2) is 78.7 Å². The van der Waals surface area contributed by atoms with Crippen molar-refractivity contribution >= 4 is 17.7 Å². The van der Waals surface area contributed by atoms with Gasteiger partial charge in [0, 0.05) is 18.9 Å². The van der Waals surface area contributed by atoms with E-state index < -0.39 is 0 Å². The summed E-state index contributed by atoms with van der Waals surface area (Å²) in [4.78, 5) is 31.7. The van der Waals surface area contributed by atoms with Gasteiger partial charge in [-0.15, -0.1) is 0 Å². The van der Waals surface area contributed by atoms with Gasteiger partial charge in [0.05, 0.1) is 36.0 Å². The number of pyridine rings is 1. The molecule has 1 unspecified atom stereocenters. The van der Waals surface area contributed by atoms with Crippen molar-refractivity contribution < 1.29 is 14.3 Å². The number of benzene rings is 1. The minimum atomic E-state index is -0.198.